The molecule has 1 aromatic carbocycles. The van der Waals surface area contributed by atoms with Gasteiger partial charge in [0.25, 0.3) is 5.92 Å². The third kappa shape index (κ3) is 2.01. The molecule has 1 aromatic rings. The van der Waals surface area contributed by atoms with Crippen molar-refractivity contribution in [3.63, 3.8) is 0 Å². The van der Waals surface area contributed by atoms with Crippen molar-refractivity contribution in [1.82, 2.24) is 0 Å². The van der Waals surface area contributed by atoms with E-state index in [0.29, 0.717) is 5.56 Å². The lowest BCUT2D eigenvalue weighted by Gasteiger charge is -2.14. The van der Waals surface area contributed by atoms with Crippen molar-refractivity contribution in [2.75, 3.05) is 6.61 Å². The van der Waals surface area contributed by atoms with E-state index in [1.54, 1.807) is 6.92 Å². The van der Waals surface area contributed by atoms with Crippen LogP contribution in [0.2, 0.25) is 0 Å². The molecule has 0 heterocycles. The first-order chi connectivity index (χ1) is 5.97. The fraction of sp³-hybridized carbons (Fsp3) is 0.333. The molecule has 0 atom stereocenters. The van der Waals surface area contributed by atoms with E-state index >= 15 is 0 Å². The van der Waals surface area contributed by atoms with Gasteiger partial charge in [-0.25, -0.2) is 4.39 Å². The van der Waals surface area contributed by atoms with Crippen LogP contribution in [-0.2, 0) is 5.92 Å². The Kier molecular flexibility index (Phi) is 2.61. The first-order valence-electron chi connectivity index (χ1n) is 3.72. The fourth-order valence-electron chi connectivity index (χ4n) is 1.00. The van der Waals surface area contributed by atoms with Gasteiger partial charge >= 0.3 is 0 Å². The molecule has 0 fully saturated rings. The summed E-state index contributed by atoms with van der Waals surface area (Å²) >= 11 is 0. The summed E-state index contributed by atoms with van der Waals surface area (Å²) in [5, 5.41) is 8.32. The number of alkyl halides is 2. The zero-order valence-electron chi connectivity index (χ0n) is 7.02. The number of hydrogen-bond acceptors (Lipinski definition) is 1. The van der Waals surface area contributed by atoms with Crippen LogP contribution >= 0.6 is 0 Å². The van der Waals surface area contributed by atoms with Gasteiger partial charge in [-0.05, 0) is 24.6 Å². The van der Waals surface area contributed by atoms with Crippen LogP contribution in [0.3, 0.4) is 0 Å². The van der Waals surface area contributed by atoms with E-state index in [1.807, 2.05) is 0 Å². The predicted octanol–water partition coefficient (Wildman–Crippen LogP) is 2.22. The molecule has 0 aliphatic rings. The third-order valence-corrected chi connectivity index (χ3v) is 1.72. The average molecular weight is 190 g/mol. The molecule has 0 aromatic heterocycles. The van der Waals surface area contributed by atoms with Crippen LogP contribution in [0.4, 0.5) is 13.2 Å². The summed E-state index contributed by atoms with van der Waals surface area (Å²) in [7, 11) is 0. The summed E-state index contributed by atoms with van der Waals surface area (Å²) in [6.45, 7) is 0.219. The zero-order chi connectivity index (χ0) is 10.1. The Hall–Kier alpha value is -1.03. The normalized spacial score (nSPS) is 11.8. The molecule has 1 nitrogen and oxygen atoms in total. The molecule has 72 valence electrons. The highest BCUT2D eigenvalue weighted by Crippen LogP contribution is 2.29. The molecule has 0 spiro atoms. The van der Waals surface area contributed by atoms with Gasteiger partial charge in [-0.15, -0.1) is 0 Å². The number of aryl methyl sites for hydroxylation is 1. The molecule has 0 unspecified atom stereocenters. The number of rotatable bonds is 2. The quantitative estimate of drug-likeness (QED) is 0.758. The van der Waals surface area contributed by atoms with Crippen molar-refractivity contribution in [1.29, 1.82) is 0 Å². The Balaban J connectivity index is 3.16. The lowest BCUT2D eigenvalue weighted by atomic mass is 10.1. The Morgan fingerprint density at radius 2 is 2.00 bits per heavy atom. The Morgan fingerprint density at radius 3 is 2.46 bits per heavy atom. The molecule has 0 aliphatic heterocycles. The molecule has 1 N–H and O–H groups in total. The van der Waals surface area contributed by atoms with Crippen molar-refractivity contribution >= 4 is 0 Å². The Morgan fingerprint density at radius 1 is 1.38 bits per heavy atom. The Bertz CT molecular complexity index is 310. The standard InChI is InChI=1S/C9H9F3O/c1-6-2-3-7(8(10)4-6)9(11,12)5-13/h2-4,13H,5H2,1H3. The zero-order valence-corrected chi connectivity index (χ0v) is 7.02. The van der Waals surface area contributed by atoms with Crippen LogP contribution in [0.5, 0.6) is 0 Å². The lowest BCUT2D eigenvalue weighted by Crippen LogP contribution is -2.20. The van der Waals surface area contributed by atoms with E-state index in [0.717, 1.165) is 12.1 Å². The number of benzene rings is 1. The van der Waals surface area contributed by atoms with Gasteiger partial charge in [0.15, 0.2) is 0 Å². The molecule has 0 amide bonds. The highest BCUT2D eigenvalue weighted by atomic mass is 19.3. The monoisotopic (exact) mass is 190 g/mol. The minimum Gasteiger partial charge on any atom is -0.390 e. The van der Waals surface area contributed by atoms with E-state index < -0.39 is 23.9 Å². The SMILES string of the molecule is Cc1ccc(C(F)(F)CO)c(F)c1. The molecular weight excluding hydrogens is 181 g/mol. The maximum atomic E-state index is 12.9. The molecule has 0 saturated carbocycles. The Labute approximate surface area is 73.8 Å². The molecular formula is C9H9F3O. The van der Waals surface area contributed by atoms with Gasteiger partial charge in [-0.3, -0.25) is 0 Å². The molecule has 0 saturated heterocycles. The van der Waals surface area contributed by atoms with E-state index in [1.165, 1.54) is 6.07 Å². The first kappa shape index (κ1) is 10.1. The van der Waals surface area contributed by atoms with Crippen LogP contribution in [0, 0.1) is 12.7 Å². The van der Waals surface area contributed by atoms with Gasteiger partial charge in [0, 0.05) is 0 Å². The number of halogens is 3. The van der Waals surface area contributed by atoms with Crippen LogP contribution in [0.15, 0.2) is 18.2 Å². The van der Waals surface area contributed by atoms with Gasteiger partial charge < -0.3 is 5.11 Å². The summed E-state index contributed by atoms with van der Waals surface area (Å²) in [4.78, 5) is 0. The molecule has 1 rings (SSSR count). The summed E-state index contributed by atoms with van der Waals surface area (Å²) in [6.07, 6.45) is 0. The van der Waals surface area contributed by atoms with Crippen LogP contribution in [0.25, 0.3) is 0 Å². The lowest BCUT2D eigenvalue weighted by molar-refractivity contribution is -0.0582. The number of aliphatic hydroxyl groups excluding tert-OH is 1. The van der Waals surface area contributed by atoms with Gasteiger partial charge in [0.05, 0.1) is 5.56 Å². The van der Waals surface area contributed by atoms with E-state index in [-0.39, 0.29) is 0 Å². The van der Waals surface area contributed by atoms with E-state index in [9.17, 15) is 13.2 Å². The van der Waals surface area contributed by atoms with Crippen LogP contribution < -0.4 is 0 Å². The van der Waals surface area contributed by atoms with E-state index in [2.05, 4.69) is 0 Å². The molecule has 4 heteroatoms. The highest BCUT2D eigenvalue weighted by Gasteiger charge is 2.33. The average Bonchev–Trinajstić information content (AvgIpc) is 2.03. The summed E-state index contributed by atoms with van der Waals surface area (Å²) in [6, 6.07) is 3.38. The van der Waals surface area contributed by atoms with Gasteiger partial charge in [0.2, 0.25) is 0 Å². The molecule has 0 radical (unpaired) electrons. The van der Waals surface area contributed by atoms with Crippen molar-refractivity contribution < 1.29 is 18.3 Å². The molecule has 0 bridgehead atoms. The first-order valence-corrected chi connectivity index (χ1v) is 3.72. The van der Waals surface area contributed by atoms with Crippen LogP contribution in [-0.4, -0.2) is 11.7 Å². The van der Waals surface area contributed by atoms with Crippen molar-refractivity contribution in [3.05, 3.63) is 35.1 Å². The second-order valence-corrected chi connectivity index (χ2v) is 2.85. The number of aliphatic hydroxyl groups is 1. The predicted molar refractivity (Wildman–Crippen MR) is 42.1 cm³/mol. The second-order valence-electron chi connectivity index (χ2n) is 2.85. The topological polar surface area (TPSA) is 20.2 Å². The maximum absolute atomic E-state index is 12.9. The third-order valence-electron chi connectivity index (χ3n) is 1.72. The smallest absolute Gasteiger partial charge is 0.298 e. The summed E-state index contributed by atoms with van der Waals surface area (Å²) in [5.74, 6) is -4.49. The largest absolute Gasteiger partial charge is 0.390 e. The maximum Gasteiger partial charge on any atom is 0.298 e. The highest BCUT2D eigenvalue weighted by molar-refractivity contribution is 5.26. The second kappa shape index (κ2) is 3.38. The van der Waals surface area contributed by atoms with Gasteiger partial charge in [0.1, 0.15) is 12.4 Å². The van der Waals surface area contributed by atoms with Crippen molar-refractivity contribution in [2.45, 2.75) is 12.8 Å². The molecule has 13 heavy (non-hydrogen) atoms. The van der Waals surface area contributed by atoms with Gasteiger partial charge in [-0.1, -0.05) is 6.07 Å². The van der Waals surface area contributed by atoms with Crippen LogP contribution in [0.1, 0.15) is 11.1 Å². The van der Waals surface area contributed by atoms with Crippen molar-refractivity contribution in [3.8, 4) is 0 Å². The van der Waals surface area contributed by atoms with Gasteiger partial charge in [-0.2, -0.15) is 8.78 Å². The minimum absolute atomic E-state index is 0.565. The minimum atomic E-state index is -3.50. The summed E-state index contributed by atoms with van der Waals surface area (Å²) in [5.41, 5.74) is -0.199. The van der Waals surface area contributed by atoms with E-state index in [4.69, 9.17) is 5.11 Å². The number of hydrogen-bond donors (Lipinski definition) is 1. The molecule has 0 aliphatic carbocycles. The fourth-order valence-corrected chi connectivity index (χ4v) is 1.00. The summed E-state index contributed by atoms with van der Waals surface area (Å²) < 4.78 is 38.5. The van der Waals surface area contributed by atoms with Crippen molar-refractivity contribution in [2.24, 2.45) is 0 Å².